The lowest BCUT2D eigenvalue weighted by Crippen LogP contribution is -2.46. The van der Waals surface area contributed by atoms with Crippen LogP contribution in [-0.2, 0) is 14.6 Å². The molecule has 0 aromatic heterocycles. The topological polar surface area (TPSA) is 79.8 Å². The maximum absolute atomic E-state index is 11.6. The molecule has 0 aliphatic carbocycles. The molecule has 2 aliphatic rings. The van der Waals surface area contributed by atoms with E-state index >= 15 is 0 Å². The Morgan fingerprint density at radius 2 is 2.00 bits per heavy atom. The fraction of sp³-hybridized carbons (Fsp3) is 0.632. The third kappa shape index (κ3) is 6.32. The number of aliphatic imine (C=N–C) groups is 1. The van der Waals surface area contributed by atoms with Gasteiger partial charge < -0.3 is 15.4 Å². The van der Waals surface area contributed by atoms with Crippen LogP contribution in [0.3, 0.4) is 0 Å². The molecule has 0 amide bonds. The number of ether oxygens (including phenoxy) is 1. The first-order chi connectivity index (χ1) is 12.5. The largest absolute Gasteiger partial charge is 0.373 e. The Labute approximate surface area is 179 Å². The van der Waals surface area contributed by atoms with Crippen LogP contribution in [0.5, 0.6) is 0 Å². The lowest BCUT2D eigenvalue weighted by molar-refractivity contribution is -0.0265. The highest BCUT2D eigenvalue weighted by Gasteiger charge is 2.30. The molecule has 152 valence electrons. The van der Waals surface area contributed by atoms with Crippen molar-refractivity contribution in [2.45, 2.75) is 38.3 Å². The molecule has 1 aromatic rings. The number of nitrogens with one attached hydrogen (secondary N) is 2. The van der Waals surface area contributed by atoms with Gasteiger partial charge in [0.2, 0.25) is 0 Å². The number of halogens is 1. The molecule has 0 bridgehead atoms. The van der Waals surface area contributed by atoms with E-state index < -0.39 is 9.84 Å². The van der Waals surface area contributed by atoms with Crippen LogP contribution in [0.15, 0.2) is 29.3 Å². The Morgan fingerprint density at radius 3 is 2.63 bits per heavy atom. The molecule has 2 aliphatic heterocycles. The first-order valence-corrected chi connectivity index (χ1v) is 11.1. The highest BCUT2D eigenvalue weighted by molar-refractivity contribution is 14.0. The molecule has 0 spiro atoms. The lowest BCUT2D eigenvalue weighted by Gasteiger charge is -2.33. The molecule has 1 aromatic carbocycles. The summed E-state index contributed by atoms with van der Waals surface area (Å²) in [6.45, 7) is 3.63. The highest BCUT2D eigenvalue weighted by Crippen LogP contribution is 2.33. The van der Waals surface area contributed by atoms with Crippen LogP contribution in [-0.4, -0.2) is 52.1 Å². The summed E-state index contributed by atoms with van der Waals surface area (Å²) in [5, 5.41) is 6.61. The second kappa shape index (κ2) is 10.1. The van der Waals surface area contributed by atoms with Crippen LogP contribution in [0.25, 0.3) is 0 Å². The number of guanidine groups is 1. The lowest BCUT2D eigenvalue weighted by atomic mass is 9.89. The van der Waals surface area contributed by atoms with Crippen molar-refractivity contribution in [2.75, 3.05) is 31.7 Å². The Balaban J connectivity index is 0.00000261. The molecule has 3 unspecified atom stereocenters. The Kier molecular flexibility index (Phi) is 8.36. The summed E-state index contributed by atoms with van der Waals surface area (Å²) in [6.07, 6.45) is 2.88. The standard InChI is InChI=1S/C19H29N3O3S.HI/c1-14-5-7-15(8-6-14)18-16(4-3-10-25-18)12-21-19(20-2)22-17-9-11-26(23,24)13-17;/h5-8,16-18H,3-4,9-13H2,1-2H3,(H2,20,21,22);1H. The second-order valence-corrected chi connectivity index (χ2v) is 9.53. The number of hydrogen-bond acceptors (Lipinski definition) is 4. The average molecular weight is 507 g/mol. The van der Waals surface area contributed by atoms with E-state index in [1.807, 2.05) is 0 Å². The molecule has 0 saturated carbocycles. The third-order valence-electron chi connectivity index (χ3n) is 5.18. The van der Waals surface area contributed by atoms with Crippen LogP contribution in [0, 0.1) is 12.8 Å². The number of aryl methyl sites for hydroxylation is 1. The number of benzene rings is 1. The van der Waals surface area contributed by atoms with E-state index in [-0.39, 0.29) is 47.6 Å². The van der Waals surface area contributed by atoms with Gasteiger partial charge in [0.05, 0.1) is 17.6 Å². The van der Waals surface area contributed by atoms with Gasteiger partial charge in [-0.3, -0.25) is 4.99 Å². The molecular formula is C19H30IN3O3S. The number of nitrogens with zero attached hydrogens (tertiary/aromatic N) is 1. The molecular weight excluding hydrogens is 477 g/mol. The average Bonchev–Trinajstić information content (AvgIpc) is 2.98. The quantitative estimate of drug-likeness (QED) is 0.372. The highest BCUT2D eigenvalue weighted by atomic mass is 127. The van der Waals surface area contributed by atoms with Gasteiger partial charge in [-0.05, 0) is 31.7 Å². The molecule has 2 saturated heterocycles. The van der Waals surface area contributed by atoms with Crippen molar-refractivity contribution in [2.24, 2.45) is 10.9 Å². The minimum Gasteiger partial charge on any atom is -0.373 e. The number of rotatable bonds is 4. The minimum atomic E-state index is -2.90. The first kappa shape index (κ1) is 22.4. The van der Waals surface area contributed by atoms with E-state index in [1.165, 1.54) is 11.1 Å². The van der Waals surface area contributed by atoms with Crippen molar-refractivity contribution in [3.8, 4) is 0 Å². The van der Waals surface area contributed by atoms with Crippen molar-refractivity contribution >= 4 is 39.8 Å². The molecule has 2 N–H and O–H groups in total. The summed E-state index contributed by atoms with van der Waals surface area (Å²) in [7, 11) is -1.18. The Bertz CT molecular complexity index is 737. The normalized spacial score (nSPS) is 27.6. The zero-order valence-corrected chi connectivity index (χ0v) is 19.1. The van der Waals surface area contributed by atoms with Crippen molar-refractivity contribution in [1.29, 1.82) is 0 Å². The molecule has 3 rings (SSSR count). The second-order valence-electron chi connectivity index (χ2n) is 7.30. The predicted octanol–water partition coefficient (Wildman–Crippen LogP) is 2.43. The van der Waals surface area contributed by atoms with Gasteiger partial charge in [-0.25, -0.2) is 8.42 Å². The van der Waals surface area contributed by atoms with Crippen LogP contribution < -0.4 is 10.6 Å². The summed E-state index contributed by atoms with van der Waals surface area (Å²) in [5.74, 6) is 1.47. The van der Waals surface area contributed by atoms with E-state index in [4.69, 9.17) is 4.74 Å². The van der Waals surface area contributed by atoms with Crippen LogP contribution in [0.1, 0.15) is 36.5 Å². The third-order valence-corrected chi connectivity index (χ3v) is 6.95. The maximum Gasteiger partial charge on any atom is 0.191 e. The summed E-state index contributed by atoms with van der Waals surface area (Å²) < 4.78 is 29.3. The fourth-order valence-corrected chi connectivity index (χ4v) is 5.37. The predicted molar refractivity (Wildman–Crippen MR) is 120 cm³/mol. The Morgan fingerprint density at radius 1 is 1.26 bits per heavy atom. The monoisotopic (exact) mass is 507 g/mol. The molecule has 3 atom stereocenters. The van der Waals surface area contributed by atoms with Crippen molar-refractivity contribution in [3.05, 3.63) is 35.4 Å². The molecule has 2 heterocycles. The van der Waals surface area contributed by atoms with E-state index in [0.29, 0.717) is 18.3 Å². The van der Waals surface area contributed by atoms with Gasteiger partial charge in [0, 0.05) is 32.2 Å². The maximum atomic E-state index is 11.6. The zero-order chi connectivity index (χ0) is 18.6. The van der Waals surface area contributed by atoms with E-state index in [9.17, 15) is 8.42 Å². The van der Waals surface area contributed by atoms with E-state index in [2.05, 4.69) is 46.8 Å². The van der Waals surface area contributed by atoms with E-state index in [1.54, 1.807) is 7.05 Å². The zero-order valence-electron chi connectivity index (χ0n) is 16.0. The molecule has 8 heteroatoms. The number of sulfone groups is 1. The summed E-state index contributed by atoms with van der Waals surface area (Å²) in [6, 6.07) is 8.49. The minimum absolute atomic E-state index is 0. The van der Waals surface area contributed by atoms with Crippen LogP contribution in [0.2, 0.25) is 0 Å². The van der Waals surface area contributed by atoms with Gasteiger partial charge in [-0.15, -0.1) is 24.0 Å². The number of hydrogen-bond donors (Lipinski definition) is 2. The first-order valence-electron chi connectivity index (χ1n) is 9.32. The van der Waals surface area contributed by atoms with E-state index in [0.717, 1.165) is 26.0 Å². The molecule has 2 fully saturated rings. The molecule has 0 radical (unpaired) electrons. The van der Waals surface area contributed by atoms with Gasteiger partial charge in [-0.2, -0.15) is 0 Å². The van der Waals surface area contributed by atoms with Gasteiger partial charge in [0.15, 0.2) is 15.8 Å². The summed E-state index contributed by atoms with van der Waals surface area (Å²) >= 11 is 0. The van der Waals surface area contributed by atoms with Crippen LogP contribution >= 0.6 is 24.0 Å². The Hall–Kier alpha value is -0.870. The van der Waals surface area contributed by atoms with Crippen molar-refractivity contribution in [1.82, 2.24) is 10.6 Å². The van der Waals surface area contributed by atoms with Crippen LogP contribution in [0.4, 0.5) is 0 Å². The van der Waals surface area contributed by atoms with Crippen molar-refractivity contribution < 1.29 is 13.2 Å². The van der Waals surface area contributed by atoms with Gasteiger partial charge in [0.25, 0.3) is 0 Å². The van der Waals surface area contributed by atoms with Gasteiger partial charge in [-0.1, -0.05) is 29.8 Å². The molecule has 27 heavy (non-hydrogen) atoms. The smallest absolute Gasteiger partial charge is 0.191 e. The SMILES string of the molecule is CN=C(NCC1CCCOC1c1ccc(C)cc1)NC1CCS(=O)(=O)C1.I. The summed E-state index contributed by atoms with van der Waals surface area (Å²) in [5.41, 5.74) is 2.46. The van der Waals surface area contributed by atoms with Gasteiger partial charge in [0.1, 0.15) is 0 Å². The molecule has 6 nitrogen and oxygen atoms in total. The van der Waals surface area contributed by atoms with Crippen molar-refractivity contribution in [3.63, 3.8) is 0 Å². The fourth-order valence-electron chi connectivity index (χ4n) is 3.70. The van der Waals surface area contributed by atoms with Gasteiger partial charge >= 0.3 is 0 Å². The summed E-state index contributed by atoms with van der Waals surface area (Å²) in [4.78, 5) is 4.25.